The lowest BCUT2D eigenvalue weighted by molar-refractivity contribution is 0.0939. The molecule has 0 radical (unpaired) electrons. The van der Waals surface area contributed by atoms with Gasteiger partial charge in [-0.2, -0.15) is 0 Å². The van der Waals surface area contributed by atoms with Crippen LogP contribution in [-0.4, -0.2) is 54.3 Å². The Kier molecular flexibility index (Phi) is 5.32. The van der Waals surface area contributed by atoms with Gasteiger partial charge in [-0.05, 0) is 26.4 Å². The quantitative estimate of drug-likeness (QED) is 0.745. The summed E-state index contributed by atoms with van der Waals surface area (Å²) in [5, 5.41) is 0. The maximum absolute atomic E-state index is 12.3. The fourth-order valence-corrected chi connectivity index (χ4v) is 3.03. The maximum Gasteiger partial charge on any atom is 0.176 e. The summed E-state index contributed by atoms with van der Waals surface area (Å²) in [7, 11) is 0. The predicted octanol–water partition coefficient (Wildman–Crippen LogP) is 2.59. The molecule has 20 heavy (non-hydrogen) atoms. The van der Waals surface area contributed by atoms with E-state index in [9.17, 15) is 4.79 Å². The summed E-state index contributed by atoms with van der Waals surface area (Å²) < 4.78 is 0. The second kappa shape index (κ2) is 7.00. The van der Waals surface area contributed by atoms with Crippen LogP contribution < -0.4 is 0 Å². The summed E-state index contributed by atoms with van der Waals surface area (Å²) in [5.74, 6) is 0.241. The molecule has 0 aliphatic carbocycles. The van der Waals surface area contributed by atoms with Gasteiger partial charge in [0.2, 0.25) is 0 Å². The Hall–Kier alpha value is -1.19. The number of hydrogen-bond donors (Lipinski definition) is 0. The molecule has 3 heteroatoms. The minimum absolute atomic E-state index is 0.241. The van der Waals surface area contributed by atoms with Crippen molar-refractivity contribution in [3.63, 3.8) is 0 Å². The van der Waals surface area contributed by atoms with Crippen molar-refractivity contribution in [3.05, 3.63) is 35.4 Å². The maximum atomic E-state index is 12.3. The van der Waals surface area contributed by atoms with Crippen molar-refractivity contribution >= 4 is 5.78 Å². The summed E-state index contributed by atoms with van der Waals surface area (Å²) in [5.41, 5.74) is 2.03. The zero-order valence-electron chi connectivity index (χ0n) is 12.9. The number of carbonyl (C=O) groups is 1. The number of Topliss-reactive ketones (excluding diaryl/α,β-unsaturated/α-hetero) is 1. The lowest BCUT2D eigenvalue weighted by atomic mass is 10.1. The third kappa shape index (κ3) is 3.68. The molecule has 1 unspecified atom stereocenters. The van der Waals surface area contributed by atoms with Gasteiger partial charge < -0.3 is 0 Å². The number of likely N-dealkylation sites (tertiary alicyclic amines) is 1. The first-order valence-corrected chi connectivity index (χ1v) is 7.70. The third-order valence-electron chi connectivity index (χ3n) is 4.32. The van der Waals surface area contributed by atoms with E-state index in [1.165, 1.54) is 12.0 Å². The zero-order chi connectivity index (χ0) is 14.5. The first-order valence-electron chi connectivity index (χ1n) is 7.70. The average Bonchev–Trinajstić information content (AvgIpc) is 2.89. The van der Waals surface area contributed by atoms with Gasteiger partial charge in [-0.3, -0.25) is 14.6 Å². The van der Waals surface area contributed by atoms with Crippen molar-refractivity contribution in [1.82, 2.24) is 9.80 Å². The van der Waals surface area contributed by atoms with Crippen LogP contribution in [0.1, 0.15) is 36.2 Å². The van der Waals surface area contributed by atoms with Gasteiger partial charge in [0.05, 0.1) is 6.54 Å². The Morgan fingerprint density at radius 3 is 2.50 bits per heavy atom. The van der Waals surface area contributed by atoms with E-state index in [-0.39, 0.29) is 5.78 Å². The molecule has 0 bridgehead atoms. The van der Waals surface area contributed by atoms with E-state index in [1.807, 2.05) is 31.2 Å². The van der Waals surface area contributed by atoms with Crippen LogP contribution in [-0.2, 0) is 0 Å². The van der Waals surface area contributed by atoms with E-state index in [2.05, 4.69) is 23.6 Å². The van der Waals surface area contributed by atoms with E-state index in [1.54, 1.807) is 0 Å². The van der Waals surface area contributed by atoms with Crippen LogP contribution >= 0.6 is 0 Å². The molecule has 3 nitrogen and oxygen atoms in total. The molecular formula is C17H26N2O. The van der Waals surface area contributed by atoms with E-state index in [4.69, 9.17) is 0 Å². The highest BCUT2D eigenvalue weighted by atomic mass is 16.1. The molecule has 0 spiro atoms. The molecule has 110 valence electrons. The standard InChI is InChI=1S/C17H26N2O/c1-4-19(5-2)16-10-11-18(12-16)13-17(20)15-8-6-14(3)7-9-15/h6-9,16H,4-5,10-13H2,1-3H3. The normalized spacial score (nSPS) is 19.7. The molecule has 0 aromatic heterocycles. The van der Waals surface area contributed by atoms with E-state index >= 15 is 0 Å². The van der Waals surface area contributed by atoms with Crippen LogP contribution in [0.5, 0.6) is 0 Å². The molecule has 1 aliphatic rings. The number of carbonyl (C=O) groups excluding carboxylic acids is 1. The molecule has 1 heterocycles. The molecule has 1 aromatic rings. The van der Waals surface area contributed by atoms with Gasteiger partial charge in [0.25, 0.3) is 0 Å². The predicted molar refractivity (Wildman–Crippen MR) is 83.3 cm³/mol. The number of likely N-dealkylation sites (N-methyl/N-ethyl adjacent to an activating group) is 1. The molecule has 1 aliphatic heterocycles. The molecule has 2 rings (SSSR count). The molecule has 0 N–H and O–H groups in total. The highest BCUT2D eigenvalue weighted by Gasteiger charge is 2.27. The van der Waals surface area contributed by atoms with Gasteiger partial charge in [0.15, 0.2) is 5.78 Å². The minimum Gasteiger partial charge on any atom is -0.300 e. The second-order valence-corrected chi connectivity index (χ2v) is 5.69. The number of nitrogens with zero attached hydrogens (tertiary/aromatic N) is 2. The molecular weight excluding hydrogens is 248 g/mol. The summed E-state index contributed by atoms with van der Waals surface area (Å²) in [6, 6.07) is 8.52. The highest BCUT2D eigenvalue weighted by molar-refractivity contribution is 5.97. The number of aryl methyl sites for hydroxylation is 1. The minimum atomic E-state index is 0.241. The molecule has 1 atom stereocenters. The van der Waals surface area contributed by atoms with Crippen molar-refractivity contribution in [1.29, 1.82) is 0 Å². The van der Waals surface area contributed by atoms with Gasteiger partial charge in [-0.25, -0.2) is 0 Å². The van der Waals surface area contributed by atoms with E-state index < -0.39 is 0 Å². The average molecular weight is 274 g/mol. The monoisotopic (exact) mass is 274 g/mol. The molecule has 1 fully saturated rings. The Morgan fingerprint density at radius 1 is 1.25 bits per heavy atom. The topological polar surface area (TPSA) is 23.6 Å². The number of rotatable bonds is 6. The Labute approximate surface area is 122 Å². The summed E-state index contributed by atoms with van der Waals surface area (Å²) in [4.78, 5) is 17.1. The fraction of sp³-hybridized carbons (Fsp3) is 0.588. The summed E-state index contributed by atoms with van der Waals surface area (Å²) in [6.45, 7) is 11.3. The largest absolute Gasteiger partial charge is 0.300 e. The molecule has 1 saturated heterocycles. The van der Waals surface area contributed by atoms with Crippen LogP contribution in [0.25, 0.3) is 0 Å². The van der Waals surface area contributed by atoms with Gasteiger partial charge >= 0.3 is 0 Å². The fourth-order valence-electron chi connectivity index (χ4n) is 3.03. The summed E-state index contributed by atoms with van der Waals surface area (Å²) in [6.07, 6.45) is 1.18. The highest BCUT2D eigenvalue weighted by Crippen LogP contribution is 2.16. The van der Waals surface area contributed by atoms with Crippen LogP contribution in [0.4, 0.5) is 0 Å². The van der Waals surface area contributed by atoms with Crippen LogP contribution in [0.3, 0.4) is 0 Å². The van der Waals surface area contributed by atoms with Gasteiger partial charge in [0.1, 0.15) is 0 Å². The third-order valence-corrected chi connectivity index (χ3v) is 4.32. The first kappa shape index (κ1) is 15.2. The Morgan fingerprint density at radius 2 is 1.90 bits per heavy atom. The molecule has 1 aromatic carbocycles. The second-order valence-electron chi connectivity index (χ2n) is 5.69. The van der Waals surface area contributed by atoms with Crippen molar-refractivity contribution in [2.24, 2.45) is 0 Å². The van der Waals surface area contributed by atoms with Crippen LogP contribution in [0.15, 0.2) is 24.3 Å². The lowest BCUT2D eigenvalue weighted by Gasteiger charge is -2.26. The smallest absolute Gasteiger partial charge is 0.176 e. The van der Waals surface area contributed by atoms with Gasteiger partial charge in [-0.15, -0.1) is 0 Å². The Bertz CT molecular complexity index is 437. The zero-order valence-corrected chi connectivity index (χ0v) is 12.9. The van der Waals surface area contributed by atoms with Crippen molar-refractivity contribution < 1.29 is 4.79 Å². The van der Waals surface area contributed by atoms with Crippen molar-refractivity contribution in [2.45, 2.75) is 33.2 Å². The lowest BCUT2D eigenvalue weighted by Crippen LogP contribution is -2.38. The Balaban J connectivity index is 1.88. The van der Waals surface area contributed by atoms with Crippen molar-refractivity contribution in [2.75, 3.05) is 32.7 Å². The SMILES string of the molecule is CCN(CC)C1CCN(CC(=O)c2ccc(C)cc2)C1. The van der Waals surface area contributed by atoms with Crippen LogP contribution in [0, 0.1) is 6.92 Å². The van der Waals surface area contributed by atoms with Crippen LogP contribution in [0.2, 0.25) is 0 Å². The number of hydrogen-bond acceptors (Lipinski definition) is 3. The number of benzene rings is 1. The molecule has 0 saturated carbocycles. The number of ketones is 1. The van der Waals surface area contributed by atoms with E-state index in [0.717, 1.165) is 31.7 Å². The molecule has 0 amide bonds. The van der Waals surface area contributed by atoms with Gasteiger partial charge in [0, 0.05) is 24.7 Å². The van der Waals surface area contributed by atoms with Crippen molar-refractivity contribution in [3.8, 4) is 0 Å². The van der Waals surface area contributed by atoms with Gasteiger partial charge in [-0.1, -0.05) is 43.7 Å². The van der Waals surface area contributed by atoms with E-state index in [0.29, 0.717) is 12.6 Å². The summed E-state index contributed by atoms with van der Waals surface area (Å²) >= 11 is 0. The first-order chi connectivity index (χ1) is 9.63.